The normalized spacial score (nSPS) is 24.2. The highest BCUT2D eigenvalue weighted by atomic mass is 16.4. The van der Waals surface area contributed by atoms with Gasteiger partial charge in [-0.15, -0.1) is 0 Å². The van der Waals surface area contributed by atoms with E-state index in [2.05, 4.69) is 48.1 Å². The summed E-state index contributed by atoms with van der Waals surface area (Å²) >= 11 is 0. The minimum atomic E-state index is -0.264. The van der Waals surface area contributed by atoms with Gasteiger partial charge < -0.3 is 15.5 Å². The highest BCUT2D eigenvalue weighted by Crippen LogP contribution is 2.40. The SMILES string of the molecule is CCCCC(c1cccc2c1CC(Cc1ncc(C(=N)N)o1)C(=O)N2)N1C(C)CCCC1C. The number of hydrogen-bond donors (Lipinski definition) is 3. The lowest BCUT2D eigenvalue weighted by Crippen LogP contribution is -2.46. The molecule has 1 saturated heterocycles. The highest BCUT2D eigenvalue weighted by molar-refractivity contribution is 5.96. The van der Waals surface area contributed by atoms with Gasteiger partial charge in [-0.25, -0.2) is 4.98 Å². The van der Waals surface area contributed by atoms with E-state index < -0.39 is 0 Å². The number of carbonyl (C=O) groups excluding carboxylic acids is 1. The molecule has 0 aliphatic carbocycles. The second-order valence-electron chi connectivity index (χ2n) is 9.73. The second-order valence-corrected chi connectivity index (χ2v) is 9.73. The summed E-state index contributed by atoms with van der Waals surface area (Å²) in [7, 11) is 0. The zero-order valence-electron chi connectivity index (χ0n) is 20.1. The van der Waals surface area contributed by atoms with Crippen molar-refractivity contribution in [3.05, 3.63) is 47.2 Å². The molecule has 1 aromatic carbocycles. The van der Waals surface area contributed by atoms with Crippen LogP contribution in [0, 0.1) is 11.3 Å². The van der Waals surface area contributed by atoms with E-state index in [4.69, 9.17) is 15.6 Å². The predicted octanol–water partition coefficient (Wildman–Crippen LogP) is 4.81. The molecule has 0 saturated carbocycles. The fraction of sp³-hybridized carbons (Fsp3) is 0.577. The standard InChI is InChI=1S/C26H37N5O2/c1-4-5-12-22(31-16(2)8-6-9-17(31)3)19-10-7-11-21-20(19)13-18(26(32)30-21)14-24-29-15-23(33-24)25(27)28/h7,10-11,15-18,22H,4-6,8-9,12-14H2,1-3H3,(H3,27,28)(H,30,32). The van der Waals surface area contributed by atoms with Crippen LogP contribution in [0.2, 0.25) is 0 Å². The lowest BCUT2D eigenvalue weighted by molar-refractivity contribution is -0.120. The molecule has 7 heteroatoms. The molecule has 4 N–H and O–H groups in total. The highest BCUT2D eigenvalue weighted by Gasteiger charge is 2.36. The van der Waals surface area contributed by atoms with Crippen LogP contribution in [-0.4, -0.2) is 33.7 Å². The second kappa shape index (κ2) is 10.1. The van der Waals surface area contributed by atoms with E-state index >= 15 is 0 Å². The molecule has 0 bridgehead atoms. The van der Waals surface area contributed by atoms with Gasteiger partial charge in [0.15, 0.2) is 17.5 Å². The largest absolute Gasteiger partial charge is 0.437 e. The first kappa shape index (κ1) is 23.5. The average molecular weight is 452 g/mol. The van der Waals surface area contributed by atoms with Crippen molar-refractivity contribution in [2.45, 2.75) is 90.3 Å². The Balaban J connectivity index is 1.64. The topological polar surface area (TPSA) is 108 Å². The first-order valence-corrected chi connectivity index (χ1v) is 12.4. The van der Waals surface area contributed by atoms with E-state index in [1.807, 2.05) is 6.07 Å². The molecular formula is C26H37N5O2. The number of fused-ring (bicyclic) bond motifs is 1. The summed E-state index contributed by atoms with van der Waals surface area (Å²) in [5.74, 6) is 0.266. The Hall–Kier alpha value is -2.67. The molecule has 178 valence electrons. The van der Waals surface area contributed by atoms with E-state index in [0.717, 1.165) is 12.1 Å². The molecule has 1 amide bonds. The number of amidine groups is 1. The number of unbranched alkanes of at least 4 members (excludes halogenated alkanes) is 1. The Morgan fingerprint density at radius 3 is 2.76 bits per heavy atom. The number of anilines is 1. The minimum Gasteiger partial charge on any atom is -0.437 e. The molecule has 2 aliphatic rings. The van der Waals surface area contributed by atoms with Gasteiger partial charge in [0.1, 0.15) is 0 Å². The maximum atomic E-state index is 12.9. The number of nitrogens with one attached hydrogen (secondary N) is 2. The van der Waals surface area contributed by atoms with Gasteiger partial charge in [-0.2, -0.15) is 0 Å². The number of amides is 1. The predicted molar refractivity (Wildman–Crippen MR) is 130 cm³/mol. The number of aromatic nitrogens is 1. The van der Waals surface area contributed by atoms with Crippen LogP contribution in [0.5, 0.6) is 0 Å². The quantitative estimate of drug-likeness (QED) is 0.394. The molecule has 1 aromatic heterocycles. The summed E-state index contributed by atoms with van der Waals surface area (Å²) in [5, 5.41) is 10.7. The minimum absolute atomic E-state index is 0.00737. The average Bonchev–Trinajstić information content (AvgIpc) is 3.25. The van der Waals surface area contributed by atoms with E-state index in [1.165, 1.54) is 49.4 Å². The number of carbonyl (C=O) groups is 1. The summed E-state index contributed by atoms with van der Waals surface area (Å²) in [4.78, 5) is 19.9. The number of benzene rings is 1. The van der Waals surface area contributed by atoms with Crippen LogP contribution in [0.15, 0.2) is 28.8 Å². The van der Waals surface area contributed by atoms with Crippen LogP contribution in [-0.2, 0) is 17.6 Å². The monoisotopic (exact) mass is 451 g/mol. The van der Waals surface area contributed by atoms with Crippen molar-refractivity contribution in [3.8, 4) is 0 Å². The Morgan fingerprint density at radius 1 is 1.33 bits per heavy atom. The smallest absolute Gasteiger partial charge is 0.228 e. The van der Waals surface area contributed by atoms with Crippen LogP contribution in [0.4, 0.5) is 5.69 Å². The van der Waals surface area contributed by atoms with Crippen molar-refractivity contribution in [1.29, 1.82) is 5.41 Å². The molecule has 2 aromatic rings. The third-order valence-electron chi connectivity index (χ3n) is 7.34. The third-order valence-corrected chi connectivity index (χ3v) is 7.34. The number of nitrogens with two attached hydrogens (primary N) is 1. The summed E-state index contributed by atoms with van der Waals surface area (Å²) in [6, 6.07) is 7.83. The molecule has 0 radical (unpaired) electrons. The van der Waals surface area contributed by atoms with Gasteiger partial charge in [0.05, 0.1) is 12.1 Å². The maximum absolute atomic E-state index is 12.9. The van der Waals surface area contributed by atoms with E-state index in [-0.39, 0.29) is 23.4 Å². The van der Waals surface area contributed by atoms with Gasteiger partial charge in [0.25, 0.3) is 0 Å². The zero-order valence-corrected chi connectivity index (χ0v) is 20.1. The van der Waals surface area contributed by atoms with Crippen molar-refractivity contribution in [1.82, 2.24) is 9.88 Å². The first-order chi connectivity index (χ1) is 15.9. The van der Waals surface area contributed by atoms with Crippen molar-refractivity contribution >= 4 is 17.4 Å². The van der Waals surface area contributed by atoms with E-state index in [1.54, 1.807) is 0 Å². The number of rotatable bonds is 8. The molecular weight excluding hydrogens is 414 g/mol. The Labute approximate surface area is 196 Å². The molecule has 0 spiro atoms. The zero-order chi connectivity index (χ0) is 23.5. The molecule has 33 heavy (non-hydrogen) atoms. The van der Waals surface area contributed by atoms with Gasteiger partial charge in [-0.3, -0.25) is 15.1 Å². The Kier molecular flexibility index (Phi) is 7.17. The van der Waals surface area contributed by atoms with Crippen molar-refractivity contribution in [2.24, 2.45) is 11.7 Å². The van der Waals surface area contributed by atoms with Crippen LogP contribution in [0.3, 0.4) is 0 Å². The number of likely N-dealkylation sites (tertiary alicyclic amines) is 1. The lowest BCUT2D eigenvalue weighted by atomic mass is 9.83. The summed E-state index contributed by atoms with van der Waals surface area (Å²) < 4.78 is 5.59. The molecule has 4 atom stereocenters. The summed E-state index contributed by atoms with van der Waals surface area (Å²) in [5.41, 5.74) is 9.03. The van der Waals surface area contributed by atoms with Gasteiger partial charge in [0.2, 0.25) is 5.91 Å². The maximum Gasteiger partial charge on any atom is 0.228 e. The summed E-state index contributed by atoms with van der Waals surface area (Å²) in [6.07, 6.45) is 9.77. The van der Waals surface area contributed by atoms with Crippen molar-refractivity contribution < 1.29 is 9.21 Å². The molecule has 1 fully saturated rings. The lowest BCUT2D eigenvalue weighted by Gasteiger charge is -2.45. The van der Waals surface area contributed by atoms with Gasteiger partial charge in [-0.05, 0) is 56.7 Å². The molecule has 2 aliphatic heterocycles. The number of nitrogen functional groups attached to an aromatic ring is 1. The van der Waals surface area contributed by atoms with Gasteiger partial charge >= 0.3 is 0 Å². The number of hydrogen-bond acceptors (Lipinski definition) is 5. The van der Waals surface area contributed by atoms with Crippen molar-refractivity contribution in [2.75, 3.05) is 5.32 Å². The fourth-order valence-corrected chi connectivity index (χ4v) is 5.66. The first-order valence-electron chi connectivity index (χ1n) is 12.4. The number of oxazole rings is 1. The van der Waals surface area contributed by atoms with Crippen molar-refractivity contribution in [3.63, 3.8) is 0 Å². The fourth-order valence-electron chi connectivity index (χ4n) is 5.66. The van der Waals surface area contributed by atoms with Crippen LogP contribution in [0.1, 0.15) is 88.1 Å². The number of piperidine rings is 1. The van der Waals surface area contributed by atoms with Crippen LogP contribution >= 0.6 is 0 Å². The molecule has 4 rings (SSSR count). The third kappa shape index (κ3) is 4.98. The van der Waals surface area contributed by atoms with Gasteiger partial charge in [-0.1, -0.05) is 38.3 Å². The van der Waals surface area contributed by atoms with Crippen LogP contribution in [0.25, 0.3) is 0 Å². The summed E-state index contributed by atoms with van der Waals surface area (Å²) in [6.45, 7) is 6.98. The molecule has 7 nitrogen and oxygen atoms in total. The number of nitrogens with zero attached hydrogens (tertiary/aromatic N) is 2. The Morgan fingerprint density at radius 2 is 2.09 bits per heavy atom. The molecule has 4 unspecified atom stereocenters. The van der Waals surface area contributed by atoms with Gasteiger partial charge in [0, 0.05) is 30.2 Å². The van der Waals surface area contributed by atoms with E-state index in [9.17, 15) is 4.79 Å². The molecule has 3 heterocycles. The van der Waals surface area contributed by atoms with Crippen LogP contribution < -0.4 is 11.1 Å². The Bertz CT molecular complexity index is 990. The van der Waals surface area contributed by atoms with E-state index in [0.29, 0.717) is 36.9 Å².